The van der Waals surface area contributed by atoms with Crippen LogP contribution < -0.4 is 9.47 Å². The maximum Gasteiger partial charge on any atom is 0.232 e. The van der Waals surface area contributed by atoms with E-state index in [1.54, 1.807) is 17.8 Å². The number of benzene rings is 1. The van der Waals surface area contributed by atoms with Crippen molar-refractivity contribution in [1.82, 2.24) is 14.6 Å². The van der Waals surface area contributed by atoms with Gasteiger partial charge in [-0.1, -0.05) is 11.6 Å². The number of halogens is 1. The molecule has 26 heavy (non-hydrogen) atoms. The number of methoxy groups -OCH3 is 1. The maximum atomic E-state index is 9.63. The summed E-state index contributed by atoms with van der Waals surface area (Å²) in [5, 5.41) is 14.8. The molecule has 1 fully saturated rings. The largest absolute Gasteiger partial charge is 0.495 e. The summed E-state index contributed by atoms with van der Waals surface area (Å²) >= 11 is 6.25. The molecule has 1 aliphatic carbocycles. The van der Waals surface area contributed by atoms with Crippen LogP contribution in [0.2, 0.25) is 5.02 Å². The lowest BCUT2D eigenvalue weighted by molar-refractivity contribution is 0.0637. The van der Waals surface area contributed by atoms with Gasteiger partial charge in [0, 0.05) is 11.6 Å². The van der Waals surface area contributed by atoms with Gasteiger partial charge in [0.05, 0.1) is 30.1 Å². The Balaban J connectivity index is 1.63. The molecular weight excluding hydrogens is 354 g/mol. The van der Waals surface area contributed by atoms with E-state index in [4.69, 9.17) is 21.1 Å². The second-order valence-corrected chi connectivity index (χ2v) is 6.89. The Morgan fingerprint density at radius 1 is 1.15 bits per heavy atom. The van der Waals surface area contributed by atoms with Crippen LogP contribution >= 0.6 is 11.6 Å². The molecule has 1 saturated carbocycles. The van der Waals surface area contributed by atoms with Gasteiger partial charge in [-0.3, -0.25) is 0 Å². The van der Waals surface area contributed by atoms with Crippen molar-refractivity contribution < 1.29 is 14.6 Å². The number of ether oxygens (including phenoxy) is 2. The molecule has 1 aliphatic rings. The van der Waals surface area contributed by atoms with E-state index < -0.39 is 0 Å². The van der Waals surface area contributed by atoms with Gasteiger partial charge < -0.3 is 14.6 Å². The Bertz CT molecular complexity index is 920. The SMILES string of the molecule is COc1ccc(-c2cnc3ccc(O[C@H]4CC[C@H](O)CC4)nn23)cc1Cl. The molecule has 0 aliphatic heterocycles. The van der Waals surface area contributed by atoms with Crippen molar-refractivity contribution >= 4 is 17.2 Å². The smallest absolute Gasteiger partial charge is 0.232 e. The van der Waals surface area contributed by atoms with E-state index in [1.165, 1.54) is 0 Å². The predicted octanol–water partition coefficient (Wildman–Crippen LogP) is 3.74. The molecule has 4 rings (SSSR count). The van der Waals surface area contributed by atoms with Crippen LogP contribution in [0.25, 0.3) is 16.9 Å². The van der Waals surface area contributed by atoms with Crippen LogP contribution in [0.1, 0.15) is 25.7 Å². The van der Waals surface area contributed by atoms with E-state index in [-0.39, 0.29) is 12.2 Å². The normalized spacial score (nSPS) is 20.3. The molecule has 0 saturated heterocycles. The number of hydrogen-bond donors (Lipinski definition) is 1. The summed E-state index contributed by atoms with van der Waals surface area (Å²) in [5.41, 5.74) is 2.46. The van der Waals surface area contributed by atoms with Gasteiger partial charge in [0.15, 0.2) is 5.65 Å². The van der Waals surface area contributed by atoms with Gasteiger partial charge in [-0.2, -0.15) is 0 Å². The molecule has 1 N–H and O–H groups in total. The second-order valence-electron chi connectivity index (χ2n) is 6.48. The first kappa shape index (κ1) is 17.1. The molecule has 0 unspecified atom stereocenters. The Kier molecular flexibility index (Phi) is 4.70. The van der Waals surface area contributed by atoms with Crippen molar-refractivity contribution in [3.63, 3.8) is 0 Å². The van der Waals surface area contributed by atoms with Crippen LogP contribution in [0.4, 0.5) is 0 Å². The number of rotatable bonds is 4. The van der Waals surface area contributed by atoms with Gasteiger partial charge in [0.25, 0.3) is 0 Å². The van der Waals surface area contributed by atoms with Gasteiger partial charge in [-0.05, 0) is 49.9 Å². The van der Waals surface area contributed by atoms with Crippen molar-refractivity contribution in [2.45, 2.75) is 37.9 Å². The molecule has 136 valence electrons. The van der Waals surface area contributed by atoms with Crippen LogP contribution in [0.5, 0.6) is 11.6 Å². The summed E-state index contributed by atoms with van der Waals surface area (Å²) in [5.74, 6) is 1.18. The standard InChI is InChI=1S/C19H20ClN3O3/c1-25-17-7-2-12(10-15(17)20)16-11-21-18-8-9-19(22-23(16)18)26-14-5-3-13(24)4-6-14/h2,7-11,13-14,24H,3-6H2,1H3/t13-,14-. The average molecular weight is 374 g/mol. The average Bonchev–Trinajstić information content (AvgIpc) is 3.07. The molecule has 0 bridgehead atoms. The zero-order valence-corrected chi connectivity index (χ0v) is 15.2. The summed E-state index contributed by atoms with van der Waals surface area (Å²) in [6, 6.07) is 9.30. The summed E-state index contributed by atoms with van der Waals surface area (Å²) in [6.07, 6.45) is 4.87. The highest BCUT2D eigenvalue weighted by atomic mass is 35.5. The van der Waals surface area contributed by atoms with Crippen LogP contribution in [-0.4, -0.2) is 39.0 Å². The fraction of sp³-hybridized carbons (Fsp3) is 0.368. The van der Waals surface area contributed by atoms with Crippen LogP contribution in [0.3, 0.4) is 0 Å². The van der Waals surface area contributed by atoms with Crippen molar-refractivity contribution in [2.24, 2.45) is 0 Å². The fourth-order valence-electron chi connectivity index (χ4n) is 3.28. The first-order chi connectivity index (χ1) is 12.6. The van der Waals surface area contributed by atoms with Crippen molar-refractivity contribution in [3.8, 4) is 22.9 Å². The molecule has 0 amide bonds. The van der Waals surface area contributed by atoms with Crippen LogP contribution in [0, 0.1) is 0 Å². The maximum absolute atomic E-state index is 9.63. The zero-order valence-electron chi connectivity index (χ0n) is 14.4. The van der Waals surface area contributed by atoms with Gasteiger partial charge in [-0.25, -0.2) is 9.50 Å². The Hall–Kier alpha value is -2.31. The number of nitrogens with zero attached hydrogens (tertiary/aromatic N) is 3. The molecule has 0 atom stereocenters. The van der Waals surface area contributed by atoms with Crippen molar-refractivity contribution in [2.75, 3.05) is 7.11 Å². The molecule has 0 spiro atoms. The predicted molar refractivity (Wildman–Crippen MR) is 98.9 cm³/mol. The number of imidazole rings is 1. The Morgan fingerprint density at radius 3 is 2.69 bits per heavy atom. The first-order valence-corrected chi connectivity index (χ1v) is 9.05. The third-order valence-corrected chi connectivity index (χ3v) is 5.01. The Labute approximate surface area is 156 Å². The van der Waals surface area contributed by atoms with Crippen molar-refractivity contribution in [3.05, 3.63) is 41.6 Å². The lowest BCUT2D eigenvalue weighted by atomic mass is 9.95. The molecule has 0 radical (unpaired) electrons. The highest BCUT2D eigenvalue weighted by molar-refractivity contribution is 6.32. The fourth-order valence-corrected chi connectivity index (χ4v) is 3.53. The van der Waals surface area contributed by atoms with Gasteiger partial charge >= 0.3 is 0 Å². The van der Waals surface area contributed by atoms with E-state index >= 15 is 0 Å². The Morgan fingerprint density at radius 2 is 1.96 bits per heavy atom. The lowest BCUT2D eigenvalue weighted by Gasteiger charge is -2.25. The summed E-state index contributed by atoms with van der Waals surface area (Å²) in [4.78, 5) is 4.40. The minimum atomic E-state index is -0.203. The quantitative estimate of drug-likeness (QED) is 0.754. The molecule has 1 aromatic carbocycles. The molecule has 3 aromatic rings. The second kappa shape index (κ2) is 7.13. The summed E-state index contributed by atoms with van der Waals surface area (Å²) < 4.78 is 13.0. The number of fused-ring (bicyclic) bond motifs is 1. The zero-order chi connectivity index (χ0) is 18.1. The molecule has 7 heteroatoms. The van der Waals surface area contributed by atoms with E-state index in [2.05, 4.69) is 10.1 Å². The van der Waals surface area contributed by atoms with Gasteiger partial charge in [0.2, 0.25) is 5.88 Å². The number of aliphatic hydroxyl groups is 1. The third-order valence-electron chi connectivity index (χ3n) is 4.72. The lowest BCUT2D eigenvalue weighted by Crippen LogP contribution is -2.26. The minimum absolute atomic E-state index is 0.0887. The molecule has 2 heterocycles. The highest BCUT2D eigenvalue weighted by Gasteiger charge is 2.21. The van der Waals surface area contributed by atoms with Gasteiger partial charge in [0.1, 0.15) is 11.9 Å². The van der Waals surface area contributed by atoms with E-state index in [0.717, 1.165) is 42.6 Å². The number of hydrogen-bond acceptors (Lipinski definition) is 5. The van der Waals surface area contributed by atoms with Crippen LogP contribution in [0.15, 0.2) is 36.5 Å². The topological polar surface area (TPSA) is 68.9 Å². The van der Waals surface area contributed by atoms with E-state index in [0.29, 0.717) is 16.7 Å². The molecular formula is C19H20ClN3O3. The van der Waals surface area contributed by atoms with E-state index in [1.807, 2.05) is 30.3 Å². The van der Waals surface area contributed by atoms with Crippen LogP contribution in [-0.2, 0) is 0 Å². The molecule has 6 nitrogen and oxygen atoms in total. The van der Waals surface area contributed by atoms with Gasteiger partial charge in [-0.15, -0.1) is 5.10 Å². The number of aromatic nitrogens is 3. The summed E-state index contributed by atoms with van der Waals surface area (Å²) in [7, 11) is 1.59. The third kappa shape index (κ3) is 3.34. The molecule has 2 aromatic heterocycles. The summed E-state index contributed by atoms with van der Waals surface area (Å²) in [6.45, 7) is 0. The van der Waals surface area contributed by atoms with E-state index in [9.17, 15) is 5.11 Å². The monoisotopic (exact) mass is 373 g/mol. The van der Waals surface area contributed by atoms with Crippen molar-refractivity contribution in [1.29, 1.82) is 0 Å². The first-order valence-electron chi connectivity index (χ1n) is 8.67. The highest BCUT2D eigenvalue weighted by Crippen LogP contribution is 2.31. The number of aliphatic hydroxyl groups excluding tert-OH is 1. The minimum Gasteiger partial charge on any atom is -0.495 e.